The van der Waals surface area contributed by atoms with Crippen LogP contribution in [0.1, 0.15) is 39.0 Å². The molecule has 0 aromatic rings. The molecule has 1 aliphatic carbocycles. The van der Waals surface area contributed by atoms with E-state index in [0.717, 1.165) is 19.3 Å². The van der Waals surface area contributed by atoms with Crippen LogP contribution in [-0.4, -0.2) is 60.9 Å². The van der Waals surface area contributed by atoms with Crippen LogP contribution in [0.5, 0.6) is 0 Å². The summed E-state index contributed by atoms with van der Waals surface area (Å²) in [6, 6.07) is 0. The van der Waals surface area contributed by atoms with Crippen LogP contribution in [-0.2, 0) is 19.1 Å². The molecule has 1 saturated carbocycles. The van der Waals surface area contributed by atoms with Crippen LogP contribution in [0.25, 0.3) is 0 Å². The van der Waals surface area contributed by atoms with Crippen LogP contribution in [0.4, 0.5) is 0 Å². The lowest BCUT2D eigenvalue weighted by Crippen LogP contribution is -2.27. The van der Waals surface area contributed by atoms with E-state index in [1.807, 2.05) is 21.0 Å². The zero-order valence-electron chi connectivity index (χ0n) is 16.0. The van der Waals surface area contributed by atoms with Crippen molar-refractivity contribution in [2.45, 2.75) is 57.3 Å². The Hall–Kier alpha value is -1.66. The highest BCUT2D eigenvalue weighted by molar-refractivity contribution is 5.82. The molecule has 1 aliphatic heterocycles. The molecule has 0 saturated heterocycles. The van der Waals surface area contributed by atoms with Gasteiger partial charge >= 0.3 is 11.9 Å². The minimum atomic E-state index is -0.772. The number of fused-ring (bicyclic) bond motifs is 1. The van der Waals surface area contributed by atoms with E-state index in [-0.39, 0.29) is 36.6 Å². The summed E-state index contributed by atoms with van der Waals surface area (Å²) in [7, 11) is 3.64. The van der Waals surface area contributed by atoms with E-state index in [0.29, 0.717) is 12.8 Å². The number of ether oxygens (including phenoxy) is 2. The third kappa shape index (κ3) is 6.57. The standard InChI is InChI=1S/C20H31NO5/c1-14-7-5-4-6-8-15-11-16(26-20(24)13-21(2)3)12-17(15)18(22)9-10-19(23)25-14/h6,8-10,14-18,22H,4-5,7,11-13H2,1-3H3/b8-6-,10-9-/t14-,15+,16-,17+,18-/m0/s1. The molecule has 1 fully saturated rings. The Morgan fingerprint density at radius 2 is 2.12 bits per heavy atom. The fourth-order valence-corrected chi connectivity index (χ4v) is 3.66. The van der Waals surface area contributed by atoms with E-state index in [1.165, 1.54) is 12.2 Å². The highest BCUT2D eigenvalue weighted by Crippen LogP contribution is 2.38. The number of carbonyl (C=O) groups excluding carboxylic acids is 2. The van der Waals surface area contributed by atoms with Gasteiger partial charge in [0.2, 0.25) is 0 Å². The quantitative estimate of drug-likeness (QED) is 0.610. The Morgan fingerprint density at radius 3 is 2.85 bits per heavy atom. The van der Waals surface area contributed by atoms with Crippen molar-refractivity contribution in [2.75, 3.05) is 20.6 Å². The van der Waals surface area contributed by atoms with E-state index < -0.39 is 12.1 Å². The lowest BCUT2D eigenvalue weighted by atomic mass is 9.90. The molecule has 6 heteroatoms. The first-order valence-corrected chi connectivity index (χ1v) is 9.43. The molecule has 146 valence electrons. The highest BCUT2D eigenvalue weighted by Gasteiger charge is 2.38. The number of hydrogen-bond donors (Lipinski definition) is 1. The zero-order valence-corrected chi connectivity index (χ0v) is 16.0. The van der Waals surface area contributed by atoms with Gasteiger partial charge in [-0.3, -0.25) is 9.69 Å². The van der Waals surface area contributed by atoms with Crippen molar-refractivity contribution in [2.24, 2.45) is 11.8 Å². The Morgan fingerprint density at radius 1 is 1.35 bits per heavy atom. The van der Waals surface area contributed by atoms with E-state index in [1.54, 1.807) is 4.90 Å². The molecule has 2 rings (SSSR count). The van der Waals surface area contributed by atoms with Gasteiger partial charge in [-0.25, -0.2) is 4.79 Å². The summed E-state index contributed by atoms with van der Waals surface area (Å²) in [5.41, 5.74) is 0. The van der Waals surface area contributed by atoms with Crippen molar-refractivity contribution in [1.29, 1.82) is 0 Å². The van der Waals surface area contributed by atoms with Crippen molar-refractivity contribution in [3.8, 4) is 0 Å². The van der Waals surface area contributed by atoms with Gasteiger partial charge in [-0.2, -0.15) is 0 Å². The van der Waals surface area contributed by atoms with Crippen molar-refractivity contribution >= 4 is 11.9 Å². The molecule has 6 nitrogen and oxygen atoms in total. The molecule has 0 radical (unpaired) electrons. The van der Waals surface area contributed by atoms with Gasteiger partial charge in [-0.05, 0) is 71.0 Å². The summed E-state index contributed by atoms with van der Waals surface area (Å²) in [4.78, 5) is 25.5. The van der Waals surface area contributed by atoms with E-state index in [4.69, 9.17) is 9.47 Å². The van der Waals surface area contributed by atoms with Crippen LogP contribution in [0.2, 0.25) is 0 Å². The van der Waals surface area contributed by atoms with Gasteiger partial charge in [0.05, 0.1) is 18.8 Å². The van der Waals surface area contributed by atoms with Crippen LogP contribution >= 0.6 is 0 Å². The van der Waals surface area contributed by atoms with E-state index in [9.17, 15) is 14.7 Å². The first-order chi connectivity index (χ1) is 12.3. The second-order valence-electron chi connectivity index (χ2n) is 7.61. The number of rotatable bonds is 3. The van der Waals surface area contributed by atoms with E-state index in [2.05, 4.69) is 12.2 Å². The highest BCUT2D eigenvalue weighted by atomic mass is 16.5. The molecule has 0 aromatic heterocycles. The lowest BCUT2D eigenvalue weighted by Gasteiger charge is -2.19. The number of cyclic esters (lactones) is 1. The number of allylic oxidation sites excluding steroid dienone is 2. The molecular weight excluding hydrogens is 334 g/mol. The average molecular weight is 365 g/mol. The molecule has 0 aromatic carbocycles. The molecule has 1 N–H and O–H groups in total. The summed E-state index contributed by atoms with van der Waals surface area (Å²) in [5.74, 6) is -0.626. The van der Waals surface area contributed by atoms with Crippen molar-refractivity contribution in [3.05, 3.63) is 24.3 Å². The second kappa shape index (κ2) is 9.88. The van der Waals surface area contributed by atoms with Gasteiger partial charge in [-0.15, -0.1) is 0 Å². The number of hydrogen-bond acceptors (Lipinski definition) is 6. The van der Waals surface area contributed by atoms with Gasteiger partial charge in [0, 0.05) is 6.08 Å². The van der Waals surface area contributed by atoms with Gasteiger partial charge in [0.15, 0.2) is 0 Å². The van der Waals surface area contributed by atoms with Crippen LogP contribution in [0.3, 0.4) is 0 Å². The summed E-state index contributed by atoms with van der Waals surface area (Å²) in [6.07, 6.45) is 9.91. The SMILES string of the molecule is C[C@H]1CCC/C=C\[C@@H]2C[C@H](OC(=O)CN(C)C)C[C@H]2[C@@H](O)/C=C\C(=O)O1. The average Bonchev–Trinajstić information content (AvgIpc) is 2.93. The number of carbonyl (C=O) groups is 2. The Balaban J connectivity index is 2.05. The maximum atomic E-state index is 11.9. The number of aliphatic hydroxyl groups excluding tert-OH is 1. The first-order valence-electron chi connectivity index (χ1n) is 9.43. The van der Waals surface area contributed by atoms with Gasteiger partial charge in [-0.1, -0.05) is 12.2 Å². The van der Waals surface area contributed by atoms with Crippen LogP contribution in [0, 0.1) is 11.8 Å². The molecule has 2 aliphatic rings. The Labute approximate surface area is 155 Å². The maximum Gasteiger partial charge on any atom is 0.330 e. The Bertz CT molecular complexity index is 542. The fraction of sp³-hybridized carbons (Fsp3) is 0.700. The van der Waals surface area contributed by atoms with Gasteiger partial charge in [0.25, 0.3) is 0 Å². The number of esters is 2. The summed E-state index contributed by atoms with van der Waals surface area (Å²) >= 11 is 0. The van der Waals surface area contributed by atoms with Crippen molar-refractivity contribution in [3.63, 3.8) is 0 Å². The largest absolute Gasteiger partial charge is 0.461 e. The third-order valence-electron chi connectivity index (χ3n) is 4.91. The normalized spacial score (nSPS) is 35.4. The number of aliphatic hydroxyl groups is 1. The second-order valence-corrected chi connectivity index (χ2v) is 7.61. The fourth-order valence-electron chi connectivity index (χ4n) is 3.66. The van der Waals surface area contributed by atoms with Gasteiger partial charge in [0.1, 0.15) is 6.10 Å². The number of likely N-dealkylation sites (N-methyl/N-ethyl adjacent to an activating group) is 1. The minimum absolute atomic E-state index is 0.0781. The molecule has 1 heterocycles. The summed E-state index contributed by atoms with van der Waals surface area (Å²) < 4.78 is 10.9. The summed E-state index contributed by atoms with van der Waals surface area (Å²) in [5, 5.41) is 10.5. The van der Waals surface area contributed by atoms with Crippen molar-refractivity contribution in [1.82, 2.24) is 4.90 Å². The smallest absolute Gasteiger partial charge is 0.330 e. The maximum absolute atomic E-state index is 11.9. The summed E-state index contributed by atoms with van der Waals surface area (Å²) in [6.45, 7) is 2.13. The first kappa shape index (κ1) is 20.6. The van der Waals surface area contributed by atoms with Crippen LogP contribution < -0.4 is 0 Å². The zero-order chi connectivity index (χ0) is 19.1. The third-order valence-corrected chi connectivity index (χ3v) is 4.91. The Kier molecular flexibility index (Phi) is 7.85. The molecule has 0 unspecified atom stereocenters. The molecule has 26 heavy (non-hydrogen) atoms. The molecular formula is C20H31NO5. The number of nitrogens with zero attached hydrogens (tertiary/aromatic N) is 1. The molecule has 0 bridgehead atoms. The molecule has 0 amide bonds. The minimum Gasteiger partial charge on any atom is -0.461 e. The monoisotopic (exact) mass is 365 g/mol. The molecule has 5 atom stereocenters. The topological polar surface area (TPSA) is 76.1 Å². The predicted molar refractivity (Wildman–Crippen MR) is 98.3 cm³/mol. The van der Waals surface area contributed by atoms with Crippen molar-refractivity contribution < 1.29 is 24.2 Å². The molecule has 0 spiro atoms. The van der Waals surface area contributed by atoms with E-state index >= 15 is 0 Å². The lowest BCUT2D eigenvalue weighted by molar-refractivity contribution is -0.149. The predicted octanol–water partition coefficient (Wildman–Crippen LogP) is 2.07. The van der Waals surface area contributed by atoms with Crippen LogP contribution in [0.15, 0.2) is 24.3 Å². The van der Waals surface area contributed by atoms with Gasteiger partial charge < -0.3 is 14.6 Å².